The van der Waals surface area contributed by atoms with Gasteiger partial charge in [-0.2, -0.15) is 9.97 Å². The fourth-order valence-electron chi connectivity index (χ4n) is 3.00. The summed E-state index contributed by atoms with van der Waals surface area (Å²) in [5, 5.41) is 7.93. The van der Waals surface area contributed by atoms with Crippen molar-refractivity contribution in [2.75, 3.05) is 6.54 Å². The minimum Gasteiger partial charge on any atom is -0.338 e. The lowest BCUT2D eigenvalue weighted by Gasteiger charge is -2.31. The van der Waals surface area contributed by atoms with Gasteiger partial charge >= 0.3 is 0 Å². The van der Waals surface area contributed by atoms with Crippen LogP contribution in [0.1, 0.15) is 42.9 Å². The van der Waals surface area contributed by atoms with Gasteiger partial charge < -0.3 is 9.05 Å². The summed E-state index contributed by atoms with van der Waals surface area (Å²) in [6.45, 7) is 3.33. The molecule has 0 N–H and O–H groups in total. The SMILES string of the molecule is Cc1noc(C2CCCCN2Cc2nc(-c3ccccn3)no2)n1. The molecule has 0 saturated carbocycles. The molecule has 0 bridgehead atoms. The van der Waals surface area contributed by atoms with Crippen molar-refractivity contribution < 1.29 is 9.05 Å². The fourth-order valence-corrected chi connectivity index (χ4v) is 3.00. The van der Waals surface area contributed by atoms with Crippen molar-refractivity contribution >= 4 is 0 Å². The minimum atomic E-state index is 0.102. The number of aromatic nitrogens is 5. The van der Waals surface area contributed by atoms with E-state index in [-0.39, 0.29) is 6.04 Å². The van der Waals surface area contributed by atoms with Gasteiger partial charge in [-0.25, -0.2) is 0 Å². The van der Waals surface area contributed by atoms with Crippen LogP contribution in [0.5, 0.6) is 0 Å². The number of nitrogens with zero attached hydrogens (tertiary/aromatic N) is 6. The first-order valence-corrected chi connectivity index (χ1v) is 8.08. The van der Waals surface area contributed by atoms with Crippen LogP contribution in [0.15, 0.2) is 33.4 Å². The molecule has 8 heteroatoms. The second-order valence-electron chi connectivity index (χ2n) is 5.89. The molecule has 1 aliphatic heterocycles. The van der Waals surface area contributed by atoms with E-state index in [0.717, 1.165) is 25.8 Å². The third-order valence-electron chi connectivity index (χ3n) is 4.14. The summed E-state index contributed by atoms with van der Waals surface area (Å²) in [4.78, 5) is 15.3. The van der Waals surface area contributed by atoms with Crippen molar-refractivity contribution in [3.05, 3.63) is 42.0 Å². The average molecular weight is 326 g/mol. The van der Waals surface area contributed by atoms with E-state index in [2.05, 4.69) is 30.2 Å². The number of piperidine rings is 1. The van der Waals surface area contributed by atoms with Crippen molar-refractivity contribution in [1.82, 2.24) is 30.2 Å². The lowest BCUT2D eigenvalue weighted by molar-refractivity contribution is 0.0986. The van der Waals surface area contributed by atoms with Crippen LogP contribution >= 0.6 is 0 Å². The van der Waals surface area contributed by atoms with Gasteiger partial charge in [0.25, 0.3) is 0 Å². The Bertz CT molecular complexity index is 800. The minimum absolute atomic E-state index is 0.102. The lowest BCUT2D eigenvalue weighted by Crippen LogP contribution is -2.33. The molecule has 1 fully saturated rings. The number of pyridine rings is 1. The zero-order valence-corrected chi connectivity index (χ0v) is 13.4. The number of likely N-dealkylation sites (tertiary alicyclic amines) is 1. The largest absolute Gasteiger partial charge is 0.338 e. The van der Waals surface area contributed by atoms with E-state index >= 15 is 0 Å². The Labute approximate surface area is 138 Å². The Kier molecular flexibility index (Phi) is 4.04. The standard InChI is InChI=1S/C16H18N6O2/c1-11-18-16(24-20-11)13-7-3-5-9-22(13)10-14-19-15(21-23-14)12-6-2-4-8-17-12/h2,4,6,8,13H,3,5,7,9-10H2,1H3. The van der Waals surface area contributed by atoms with E-state index in [1.54, 1.807) is 6.20 Å². The molecule has 0 aliphatic carbocycles. The van der Waals surface area contributed by atoms with Gasteiger partial charge in [0.2, 0.25) is 17.6 Å². The van der Waals surface area contributed by atoms with Crippen molar-refractivity contribution in [3.63, 3.8) is 0 Å². The molecule has 124 valence electrons. The quantitative estimate of drug-likeness (QED) is 0.722. The molecule has 0 amide bonds. The van der Waals surface area contributed by atoms with E-state index in [9.17, 15) is 0 Å². The molecule has 3 aromatic rings. The summed E-state index contributed by atoms with van der Waals surface area (Å²) in [5.41, 5.74) is 0.704. The first kappa shape index (κ1) is 14.9. The summed E-state index contributed by atoms with van der Waals surface area (Å²) >= 11 is 0. The van der Waals surface area contributed by atoms with Gasteiger partial charge in [0.05, 0.1) is 12.6 Å². The fraction of sp³-hybridized carbons (Fsp3) is 0.438. The normalized spacial score (nSPS) is 18.8. The molecule has 1 atom stereocenters. The summed E-state index contributed by atoms with van der Waals surface area (Å²) in [6.07, 6.45) is 4.98. The Morgan fingerprint density at radius 3 is 2.92 bits per heavy atom. The number of hydrogen-bond acceptors (Lipinski definition) is 8. The summed E-state index contributed by atoms with van der Waals surface area (Å²) in [5.74, 6) is 2.40. The maximum absolute atomic E-state index is 5.40. The molecule has 4 heterocycles. The van der Waals surface area contributed by atoms with E-state index in [1.165, 1.54) is 0 Å². The van der Waals surface area contributed by atoms with Crippen LogP contribution in [0, 0.1) is 6.92 Å². The van der Waals surface area contributed by atoms with Gasteiger partial charge in [-0.3, -0.25) is 9.88 Å². The molecule has 8 nitrogen and oxygen atoms in total. The molecule has 0 spiro atoms. The third-order valence-corrected chi connectivity index (χ3v) is 4.14. The van der Waals surface area contributed by atoms with Crippen LogP contribution in [0.4, 0.5) is 0 Å². The van der Waals surface area contributed by atoms with Crippen molar-refractivity contribution in [2.24, 2.45) is 0 Å². The highest BCUT2D eigenvalue weighted by Gasteiger charge is 2.29. The van der Waals surface area contributed by atoms with Crippen LogP contribution in [-0.4, -0.2) is 36.7 Å². The first-order valence-electron chi connectivity index (χ1n) is 8.08. The van der Waals surface area contributed by atoms with Crippen LogP contribution in [0.25, 0.3) is 11.5 Å². The van der Waals surface area contributed by atoms with Gasteiger partial charge in [0.1, 0.15) is 5.69 Å². The molecule has 1 aliphatic rings. The molecule has 1 unspecified atom stereocenters. The zero-order chi connectivity index (χ0) is 16.4. The van der Waals surface area contributed by atoms with Crippen molar-refractivity contribution in [1.29, 1.82) is 0 Å². The van der Waals surface area contributed by atoms with Gasteiger partial charge in [-0.1, -0.05) is 22.8 Å². The van der Waals surface area contributed by atoms with E-state index in [4.69, 9.17) is 9.05 Å². The van der Waals surface area contributed by atoms with Gasteiger partial charge in [-0.05, 0) is 38.4 Å². The number of hydrogen-bond donors (Lipinski definition) is 0. The Morgan fingerprint density at radius 1 is 1.17 bits per heavy atom. The molecule has 0 aromatic carbocycles. The summed E-state index contributed by atoms with van der Waals surface area (Å²) in [6, 6.07) is 5.72. The third kappa shape index (κ3) is 3.05. The maximum Gasteiger partial charge on any atom is 0.243 e. The summed E-state index contributed by atoms with van der Waals surface area (Å²) < 4.78 is 10.8. The van der Waals surface area contributed by atoms with Crippen molar-refractivity contribution in [3.8, 4) is 11.5 Å². The van der Waals surface area contributed by atoms with E-state index < -0.39 is 0 Å². The van der Waals surface area contributed by atoms with Crippen LogP contribution < -0.4 is 0 Å². The molecule has 24 heavy (non-hydrogen) atoms. The van der Waals surface area contributed by atoms with Gasteiger partial charge in [0.15, 0.2) is 5.82 Å². The highest BCUT2D eigenvalue weighted by molar-refractivity contribution is 5.46. The number of rotatable bonds is 4. The molecular formula is C16H18N6O2. The molecule has 0 radical (unpaired) electrons. The number of aryl methyl sites for hydroxylation is 1. The van der Waals surface area contributed by atoms with Gasteiger partial charge in [-0.15, -0.1) is 0 Å². The van der Waals surface area contributed by atoms with Crippen LogP contribution in [-0.2, 0) is 6.54 Å². The Balaban J connectivity index is 1.52. The van der Waals surface area contributed by atoms with Gasteiger partial charge in [0, 0.05) is 6.20 Å². The Hall–Kier alpha value is -2.61. The smallest absolute Gasteiger partial charge is 0.243 e. The second kappa shape index (κ2) is 6.48. The topological polar surface area (TPSA) is 94.0 Å². The molecular weight excluding hydrogens is 308 g/mol. The second-order valence-corrected chi connectivity index (χ2v) is 5.89. The maximum atomic E-state index is 5.40. The lowest BCUT2D eigenvalue weighted by atomic mass is 10.0. The Morgan fingerprint density at radius 2 is 2.12 bits per heavy atom. The average Bonchev–Trinajstić information content (AvgIpc) is 3.25. The first-order chi connectivity index (χ1) is 11.8. The zero-order valence-electron chi connectivity index (χ0n) is 13.4. The predicted octanol–water partition coefficient (Wildman–Crippen LogP) is 2.55. The molecule has 4 rings (SSSR count). The van der Waals surface area contributed by atoms with E-state index in [0.29, 0.717) is 35.7 Å². The summed E-state index contributed by atoms with van der Waals surface area (Å²) in [7, 11) is 0. The highest BCUT2D eigenvalue weighted by Crippen LogP contribution is 2.31. The highest BCUT2D eigenvalue weighted by atomic mass is 16.5. The monoisotopic (exact) mass is 326 g/mol. The predicted molar refractivity (Wildman–Crippen MR) is 83.6 cm³/mol. The van der Waals surface area contributed by atoms with Crippen LogP contribution in [0.2, 0.25) is 0 Å². The van der Waals surface area contributed by atoms with Crippen molar-refractivity contribution in [2.45, 2.75) is 38.8 Å². The molecule has 3 aromatic heterocycles. The molecule has 1 saturated heterocycles. The van der Waals surface area contributed by atoms with Crippen LogP contribution in [0.3, 0.4) is 0 Å². The van der Waals surface area contributed by atoms with E-state index in [1.807, 2.05) is 25.1 Å².